The van der Waals surface area contributed by atoms with Gasteiger partial charge in [-0.05, 0) is 56.9 Å². The Kier molecular flexibility index (Phi) is 4.85. The van der Waals surface area contributed by atoms with Gasteiger partial charge in [0.15, 0.2) is 5.13 Å². The Hall–Kier alpha value is -0.610. The Balaban J connectivity index is 1.57. The van der Waals surface area contributed by atoms with Crippen molar-refractivity contribution in [2.24, 2.45) is 17.8 Å². The Labute approximate surface area is 133 Å². The molecule has 2 bridgehead atoms. The van der Waals surface area contributed by atoms with Crippen LogP contribution in [-0.4, -0.2) is 25.1 Å². The number of anilines is 1. The van der Waals surface area contributed by atoms with Crippen molar-refractivity contribution in [3.63, 3.8) is 0 Å². The highest BCUT2D eigenvalue weighted by molar-refractivity contribution is 7.15. The fourth-order valence-corrected chi connectivity index (χ4v) is 5.15. The molecule has 3 atom stereocenters. The summed E-state index contributed by atoms with van der Waals surface area (Å²) in [6.07, 6.45) is 7.13. The van der Waals surface area contributed by atoms with Gasteiger partial charge in [0.1, 0.15) is 0 Å². The van der Waals surface area contributed by atoms with Crippen LogP contribution in [-0.2, 0) is 6.54 Å². The predicted molar refractivity (Wildman–Crippen MR) is 91.1 cm³/mol. The zero-order valence-corrected chi connectivity index (χ0v) is 14.5. The third-order valence-corrected chi connectivity index (χ3v) is 6.58. The van der Waals surface area contributed by atoms with Crippen LogP contribution in [0.4, 0.5) is 5.13 Å². The van der Waals surface area contributed by atoms with Gasteiger partial charge in [0.25, 0.3) is 0 Å². The first-order chi connectivity index (χ1) is 10.2. The number of thiazole rings is 1. The molecule has 1 N–H and O–H groups in total. The maximum Gasteiger partial charge on any atom is 0.185 e. The molecule has 3 rings (SSSR count). The van der Waals surface area contributed by atoms with Crippen LogP contribution in [0.25, 0.3) is 0 Å². The molecule has 0 radical (unpaired) electrons. The fraction of sp³-hybridized carbons (Fsp3) is 0.824. The fourth-order valence-electron chi connectivity index (χ4n) is 4.15. The molecule has 0 aliphatic heterocycles. The first-order valence-electron chi connectivity index (χ1n) is 8.55. The van der Waals surface area contributed by atoms with Gasteiger partial charge in [-0.25, -0.2) is 4.98 Å². The first-order valence-corrected chi connectivity index (χ1v) is 9.37. The van der Waals surface area contributed by atoms with Gasteiger partial charge in [0.2, 0.25) is 0 Å². The summed E-state index contributed by atoms with van der Waals surface area (Å²) in [5.74, 6) is 2.96. The predicted octanol–water partition coefficient (Wildman–Crippen LogP) is 3.82. The van der Waals surface area contributed by atoms with Gasteiger partial charge < -0.3 is 10.2 Å². The third kappa shape index (κ3) is 3.42. The molecule has 1 aromatic heterocycles. The van der Waals surface area contributed by atoms with E-state index in [0.717, 1.165) is 30.8 Å². The number of aromatic nitrogens is 1. The second kappa shape index (κ2) is 6.66. The van der Waals surface area contributed by atoms with E-state index in [1.165, 1.54) is 54.4 Å². The second-order valence-electron chi connectivity index (χ2n) is 7.00. The lowest BCUT2D eigenvalue weighted by Gasteiger charge is -2.26. The van der Waals surface area contributed by atoms with Gasteiger partial charge in [-0.1, -0.05) is 13.3 Å². The molecule has 0 spiro atoms. The van der Waals surface area contributed by atoms with Crippen molar-refractivity contribution in [3.05, 3.63) is 10.6 Å². The van der Waals surface area contributed by atoms with E-state index in [1.54, 1.807) is 0 Å². The highest BCUT2D eigenvalue weighted by atomic mass is 32.1. The van der Waals surface area contributed by atoms with Crippen molar-refractivity contribution in [2.45, 2.75) is 52.5 Å². The van der Waals surface area contributed by atoms with E-state index in [1.807, 2.05) is 11.3 Å². The summed E-state index contributed by atoms with van der Waals surface area (Å²) in [5.41, 5.74) is 1.21. The highest BCUT2D eigenvalue weighted by Crippen LogP contribution is 2.48. The van der Waals surface area contributed by atoms with Gasteiger partial charge in [0.05, 0.1) is 5.69 Å². The summed E-state index contributed by atoms with van der Waals surface area (Å²) in [5, 5.41) is 4.70. The van der Waals surface area contributed by atoms with Crippen LogP contribution in [0.15, 0.2) is 0 Å². The van der Waals surface area contributed by atoms with Gasteiger partial charge in [-0.15, -0.1) is 11.3 Å². The van der Waals surface area contributed by atoms with E-state index in [0.29, 0.717) is 0 Å². The summed E-state index contributed by atoms with van der Waals surface area (Å²) in [6, 6.07) is 0. The number of nitrogens with zero attached hydrogens (tertiary/aromatic N) is 2. The Morgan fingerprint density at radius 3 is 2.86 bits per heavy atom. The van der Waals surface area contributed by atoms with E-state index in [4.69, 9.17) is 4.98 Å². The molecule has 0 aromatic carbocycles. The van der Waals surface area contributed by atoms with E-state index in [9.17, 15) is 0 Å². The van der Waals surface area contributed by atoms with Gasteiger partial charge in [0, 0.05) is 25.0 Å². The average Bonchev–Trinajstić information content (AvgIpc) is 3.15. The molecule has 21 heavy (non-hydrogen) atoms. The molecule has 3 unspecified atom stereocenters. The van der Waals surface area contributed by atoms with Crippen molar-refractivity contribution in [3.8, 4) is 0 Å². The average molecular weight is 308 g/mol. The van der Waals surface area contributed by atoms with Crippen molar-refractivity contribution >= 4 is 16.5 Å². The van der Waals surface area contributed by atoms with Crippen LogP contribution in [0, 0.1) is 24.7 Å². The van der Waals surface area contributed by atoms with Gasteiger partial charge in [-0.2, -0.15) is 0 Å². The first kappa shape index (κ1) is 15.3. The molecule has 2 aliphatic rings. The lowest BCUT2D eigenvalue weighted by molar-refractivity contribution is 0.337. The molecule has 1 aromatic rings. The number of hydrogen-bond donors (Lipinski definition) is 1. The number of fused-ring (bicyclic) bond motifs is 2. The number of aryl methyl sites for hydroxylation is 1. The summed E-state index contributed by atoms with van der Waals surface area (Å²) < 4.78 is 0. The highest BCUT2D eigenvalue weighted by Gasteiger charge is 2.39. The standard InChI is InChI=1S/C17H29N3S/c1-4-7-18-10-16-12(2)19-17(21-16)20(3)11-15-9-13-5-6-14(15)8-13/h13-15,18H,4-11H2,1-3H3. The van der Waals surface area contributed by atoms with E-state index >= 15 is 0 Å². The summed E-state index contributed by atoms with van der Waals surface area (Å²) >= 11 is 1.87. The molecule has 2 aliphatic carbocycles. The van der Waals surface area contributed by atoms with E-state index in [-0.39, 0.29) is 0 Å². The molecule has 0 saturated heterocycles. The molecule has 118 valence electrons. The molecule has 3 nitrogen and oxygen atoms in total. The zero-order chi connectivity index (χ0) is 14.8. The largest absolute Gasteiger partial charge is 0.351 e. The Morgan fingerprint density at radius 2 is 2.19 bits per heavy atom. The minimum Gasteiger partial charge on any atom is -0.351 e. The van der Waals surface area contributed by atoms with Crippen LogP contribution >= 0.6 is 11.3 Å². The lowest BCUT2D eigenvalue weighted by Crippen LogP contribution is -2.28. The summed E-state index contributed by atoms with van der Waals surface area (Å²) in [7, 11) is 2.23. The Morgan fingerprint density at radius 1 is 1.33 bits per heavy atom. The van der Waals surface area contributed by atoms with Crippen LogP contribution in [0.3, 0.4) is 0 Å². The Bertz CT molecular complexity index is 471. The maximum absolute atomic E-state index is 4.80. The molecule has 1 heterocycles. The maximum atomic E-state index is 4.80. The van der Waals surface area contributed by atoms with Crippen molar-refractivity contribution in [1.29, 1.82) is 0 Å². The van der Waals surface area contributed by atoms with E-state index < -0.39 is 0 Å². The van der Waals surface area contributed by atoms with Crippen LogP contribution < -0.4 is 10.2 Å². The minimum atomic E-state index is 0.916. The number of rotatable bonds is 7. The summed E-state index contributed by atoms with van der Waals surface area (Å²) in [4.78, 5) is 8.61. The zero-order valence-electron chi connectivity index (χ0n) is 13.7. The topological polar surface area (TPSA) is 28.2 Å². The number of hydrogen-bond acceptors (Lipinski definition) is 4. The minimum absolute atomic E-state index is 0.916. The molecule has 2 fully saturated rings. The van der Waals surface area contributed by atoms with Crippen LogP contribution in [0.1, 0.15) is 49.6 Å². The van der Waals surface area contributed by atoms with Gasteiger partial charge >= 0.3 is 0 Å². The van der Waals surface area contributed by atoms with Gasteiger partial charge in [-0.3, -0.25) is 0 Å². The van der Waals surface area contributed by atoms with Crippen molar-refractivity contribution in [2.75, 3.05) is 25.0 Å². The van der Waals surface area contributed by atoms with Crippen molar-refractivity contribution < 1.29 is 0 Å². The molecule has 4 heteroatoms. The summed E-state index contributed by atoms with van der Waals surface area (Å²) in [6.45, 7) is 7.62. The molecule has 0 amide bonds. The normalized spacial score (nSPS) is 27.5. The van der Waals surface area contributed by atoms with Crippen LogP contribution in [0.2, 0.25) is 0 Å². The monoisotopic (exact) mass is 307 g/mol. The lowest BCUT2D eigenvalue weighted by atomic mass is 9.88. The van der Waals surface area contributed by atoms with Crippen LogP contribution in [0.5, 0.6) is 0 Å². The molecule has 2 saturated carbocycles. The third-order valence-electron chi connectivity index (χ3n) is 5.31. The van der Waals surface area contributed by atoms with Crippen molar-refractivity contribution in [1.82, 2.24) is 10.3 Å². The van der Waals surface area contributed by atoms with E-state index in [2.05, 4.69) is 31.1 Å². The quantitative estimate of drug-likeness (QED) is 0.776. The smallest absolute Gasteiger partial charge is 0.185 e. The SMILES string of the molecule is CCCNCc1sc(N(C)CC2CC3CCC2C3)nc1C. The second-order valence-corrected chi connectivity index (χ2v) is 8.06. The molecular formula is C17H29N3S. The number of nitrogens with one attached hydrogen (secondary N) is 1. The molecular weight excluding hydrogens is 278 g/mol.